The zero-order valence-electron chi connectivity index (χ0n) is 16.4. The van der Waals surface area contributed by atoms with Crippen molar-refractivity contribution in [2.75, 3.05) is 26.4 Å². The predicted octanol–water partition coefficient (Wildman–Crippen LogP) is 2.18. The van der Waals surface area contributed by atoms with Crippen molar-refractivity contribution in [3.8, 4) is 5.75 Å². The van der Waals surface area contributed by atoms with Crippen molar-refractivity contribution in [2.24, 2.45) is 0 Å². The second-order valence-corrected chi connectivity index (χ2v) is 8.79. The summed E-state index contributed by atoms with van der Waals surface area (Å²) in [7, 11) is -0.589. The molecule has 3 aliphatic heterocycles. The normalized spacial score (nSPS) is 26.3. The molecule has 0 saturated carbocycles. The van der Waals surface area contributed by atoms with E-state index in [1.54, 1.807) is 0 Å². The van der Waals surface area contributed by atoms with E-state index in [-0.39, 0.29) is 11.9 Å². The van der Waals surface area contributed by atoms with Gasteiger partial charge in [0.1, 0.15) is 6.61 Å². The van der Waals surface area contributed by atoms with E-state index in [1.807, 2.05) is 45.6 Å². The van der Waals surface area contributed by atoms with Crippen molar-refractivity contribution in [3.63, 3.8) is 0 Å². The molecule has 0 aromatic heterocycles. The fourth-order valence-electron chi connectivity index (χ4n) is 3.65. The van der Waals surface area contributed by atoms with E-state index in [9.17, 15) is 4.79 Å². The minimum atomic E-state index is -0.589. The molecule has 3 aliphatic rings. The number of morpholine rings is 1. The van der Waals surface area contributed by atoms with Gasteiger partial charge in [-0.2, -0.15) is 0 Å². The number of nitrogens with zero attached hydrogens (tertiary/aromatic N) is 1. The largest absolute Gasteiger partial charge is 0.495 e. The Hall–Kier alpha value is -1.28. The van der Waals surface area contributed by atoms with Gasteiger partial charge >= 0.3 is 7.12 Å². The standard InChI is InChI=1S/C19H25BClNO5/c1-11-14(20-26-18(2,3)19(4,5)27-20)8-13-16(15(11)21)25-10-12-9-24-7-6-22(12)17(13)23/h8,12H,6-7,9-10H2,1-5H3/t12-/m0/s1. The van der Waals surface area contributed by atoms with E-state index in [2.05, 4.69) is 0 Å². The molecule has 0 unspecified atom stereocenters. The van der Waals surface area contributed by atoms with Gasteiger partial charge in [0.15, 0.2) is 5.75 Å². The summed E-state index contributed by atoms with van der Waals surface area (Å²) in [5, 5.41) is 0.436. The van der Waals surface area contributed by atoms with E-state index in [0.29, 0.717) is 42.7 Å². The van der Waals surface area contributed by atoms with E-state index in [4.69, 9.17) is 30.4 Å². The molecule has 8 heteroatoms. The van der Waals surface area contributed by atoms with Crippen LogP contribution >= 0.6 is 11.6 Å². The van der Waals surface area contributed by atoms with Crippen LogP contribution in [0.4, 0.5) is 0 Å². The molecule has 1 atom stereocenters. The third kappa shape index (κ3) is 2.96. The molecule has 0 bridgehead atoms. The van der Waals surface area contributed by atoms with E-state index in [1.165, 1.54) is 0 Å². The van der Waals surface area contributed by atoms with Gasteiger partial charge in [-0.15, -0.1) is 0 Å². The number of carbonyl (C=O) groups is 1. The number of hydrogen-bond acceptors (Lipinski definition) is 5. The molecule has 4 rings (SSSR count). The van der Waals surface area contributed by atoms with Crippen LogP contribution in [-0.2, 0) is 14.0 Å². The maximum absolute atomic E-state index is 13.2. The average Bonchev–Trinajstić information content (AvgIpc) is 2.74. The number of ether oxygens (including phenoxy) is 2. The maximum atomic E-state index is 13.2. The molecule has 0 N–H and O–H groups in total. The molecule has 146 valence electrons. The molecule has 1 aromatic carbocycles. The Bertz CT molecular complexity index is 781. The molecule has 0 spiro atoms. The molecule has 0 radical (unpaired) electrons. The Morgan fingerprint density at radius 2 is 1.85 bits per heavy atom. The summed E-state index contributed by atoms with van der Waals surface area (Å²) in [6.45, 7) is 11.8. The highest BCUT2D eigenvalue weighted by Crippen LogP contribution is 2.39. The van der Waals surface area contributed by atoms with Crippen LogP contribution in [0, 0.1) is 6.92 Å². The smallest absolute Gasteiger partial charge is 0.489 e. The highest BCUT2D eigenvalue weighted by Gasteiger charge is 2.52. The lowest BCUT2D eigenvalue weighted by Gasteiger charge is -2.33. The molecule has 6 nitrogen and oxygen atoms in total. The van der Waals surface area contributed by atoms with E-state index >= 15 is 0 Å². The zero-order chi connectivity index (χ0) is 19.6. The SMILES string of the molecule is Cc1c(B2OC(C)(C)C(C)(C)O2)cc2c(c1Cl)OC[C@@H]1COCCN1C2=O. The van der Waals surface area contributed by atoms with Gasteiger partial charge in [0.05, 0.1) is 41.0 Å². The Morgan fingerprint density at radius 1 is 1.19 bits per heavy atom. The summed E-state index contributed by atoms with van der Waals surface area (Å²) in [4.78, 5) is 15.0. The minimum absolute atomic E-state index is 0.0875. The number of carbonyl (C=O) groups excluding carboxylic acids is 1. The molecule has 3 heterocycles. The van der Waals surface area contributed by atoms with Crippen molar-refractivity contribution in [1.82, 2.24) is 4.90 Å². The lowest BCUT2D eigenvalue weighted by molar-refractivity contribution is -0.0109. The zero-order valence-corrected chi connectivity index (χ0v) is 17.2. The molecule has 2 saturated heterocycles. The molecular weight excluding hydrogens is 368 g/mol. The van der Waals surface area contributed by atoms with Crippen molar-refractivity contribution >= 4 is 30.1 Å². The van der Waals surface area contributed by atoms with Crippen molar-refractivity contribution in [3.05, 3.63) is 22.2 Å². The Labute approximate surface area is 165 Å². The minimum Gasteiger partial charge on any atom is -0.489 e. The number of rotatable bonds is 1. The fourth-order valence-corrected chi connectivity index (χ4v) is 3.92. The number of benzene rings is 1. The summed E-state index contributed by atoms with van der Waals surface area (Å²) in [5.41, 5.74) is 1.08. The quantitative estimate of drug-likeness (QED) is 0.685. The molecule has 1 aromatic rings. The second kappa shape index (κ2) is 6.37. The number of halogens is 1. The number of amides is 1. The molecular formula is C19H25BClNO5. The lowest BCUT2D eigenvalue weighted by Crippen LogP contribution is -2.50. The van der Waals surface area contributed by atoms with E-state index < -0.39 is 18.3 Å². The van der Waals surface area contributed by atoms with Crippen LogP contribution in [0.5, 0.6) is 5.75 Å². The van der Waals surface area contributed by atoms with Gasteiger partial charge in [-0.05, 0) is 51.7 Å². The monoisotopic (exact) mass is 393 g/mol. The van der Waals surface area contributed by atoms with Gasteiger partial charge in [0, 0.05) is 6.54 Å². The summed E-state index contributed by atoms with van der Waals surface area (Å²) in [6, 6.07) is 1.72. The van der Waals surface area contributed by atoms with Gasteiger partial charge < -0.3 is 23.7 Å². The van der Waals surface area contributed by atoms with Gasteiger partial charge in [-0.3, -0.25) is 4.79 Å². The first-order valence-corrected chi connectivity index (χ1v) is 9.70. The Balaban J connectivity index is 1.77. The Kier molecular flexibility index (Phi) is 4.50. The Morgan fingerprint density at radius 3 is 2.52 bits per heavy atom. The van der Waals surface area contributed by atoms with Gasteiger partial charge in [-0.1, -0.05) is 11.6 Å². The van der Waals surface area contributed by atoms with Gasteiger partial charge in [0.25, 0.3) is 5.91 Å². The van der Waals surface area contributed by atoms with Crippen LogP contribution in [0.15, 0.2) is 6.07 Å². The van der Waals surface area contributed by atoms with Crippen LogP contribution in [0.2, 0.25) is 5.02 Å². The maximum Gasteiger partial charge on any atom is 0.495 e. The number of hydrogen-bond donors (Lipinski definition) is 0. The molecule has 0 aliphatic carbocycles. The molecule has 2 fully saturated rings. The topological polar surface area (TPSA) is 57.2 Å². The first-order valence-electron chi connectivity index (χ1n) is 9.32. The first kappa shape index (κ1) is 19.1. The average molecular weight is 394 g/mol. The highest BCUT2D eigenvalue weighted by atomic mass is 35.5. The molecule has 27 heavy (non-hydrogen) atoms. The first-order chi connectivity index (χ1) is 12.6. The molecule has 1 amide bonds. The van der Waals surface area contributed by atoms with E-state index in [0.717, 1.165) is 11.0 Å². The summed E-state index contributed by atoms with van der Waals surface area (Å²) >= 11 is 6.63. The summed E-state index contributed by atoms with van der Waals surface area (Å²) in [5.74, 6) is 0.351. The van der Waals surface area contributed by atoms with Crippen LogP contribution in [0.25, 0.3) is 0 Å². The van der Waals surface area contributed by atoms with Crippen molar-refractivity contribution in [1.29, 1.82) is 0 Å². The number of fused-ring (bicyclic) bond motifs is 2. The second-order valence-electron chi connectivity index (χ2n) is 8.41. The van der Waals surface area contributed by atoms with Crippen LogP contribution in [0.3, 0.4) is 0 Å². The lowest BCUT2D eigenvalue weighted by atomic mass is 9.75. The van der Waals surface area contributed by atoms with Crippen LogP contribution in [0.1, 0.15) is 43.6 Å². The predicted molar refractivity (Wildman–Crippen MR) is 103 cm³/mol. The highest BCUT2D eigenvalue weighted by molar-refractivity contribution is 6.63. The van der Waals surface area contributed by atoms with Crippen LogP contribution in [-0.4, -0.2) is 61.5 Å². The van der Waals surface area contributed by atoms with Crippen molar-refractivity contribution < 1.29 is 23.6 Å². The van der Waals surface area contributed by atoms with Gasteiger partial charge in [-0.25, -0.2) is 0 Å². The summed E-state index contributed by atoms with van der Waals surface area (Å²) in [6.07, 6.45) is 0. The third-order valence-electron chi connectivity index (χ3n) is 6.15. The summed E-state index contributed by atoms with van der Waals surface area (Å²) < 4.78 is 23.8. The third-order valence-corrected chi connectivity index (χ3v) is 6.61. The van der Waals surface area contributed by atoms with Gasteiger partial charge in [0.2, 0.25) is 0 Å². The van der Waals surface area contributed by atoms with Crippen molar-refractivity contribution in [2.45, 2.75) is 51.9 Å². The fraction of sp³-hybridized carbons (Fsp3) is 0.632. The van der Waals surface area contributed by atoms with Crippen LogP contribution < -0.4 is 10.2 Å².